The highest BCUT2D eigenvalue weighted by Crippen LogP contribution is 2.27. The van der Waals surface area contributed by atoms with Gasteiger partial charge >= 0.3 is 0 Å². The van der Waals surface area contributed by atoms with Crippen molar-refractivity contribution in [1.82, 2.24) is 9.88 Å². The summed E-state index contributed by atoms with van der Waals surface area (Å²) < 4.78 is 53.1. The van der Waals surface area contributed by atoms with Crippen LogP contribution in [0, 0.1) is 23.5 Å². The fraction of sp³-hybridized carbons (Fsp3) is 0.545. The van der Waals surface area contributed by atoms with Crippen molar-refractivity contribution in [2.45, 2.75) is 13.0 Å². The number of hydrogen-bond acceptors (Lipinski definition) is 3. The Labute approximate surface area is 102 Å². The molecule has 1 aliphatic heterocycles. The smallest absolute Gasteiger partial charge is 0.253 e. The molecule has 1 aliphatic rings. The van der Waals surface area contributed by atoms with E-state index < -0.39 is 29.2 Å². The standard InChI is InChI=1S/C11H13F4N3/c1-6-5-18(4-3-17(6)2)9-7(12)10(14)16-11(15)8(9)13/h6H,3-5H2,1-2H3. The molecule has 100 valence electrons. The highest BCUT2D eigenvalue weighted by Gasteiger charge is 2.29. The van der Waals surface area contributed by atoms with Crippen LogP contribution in [0.15, 0.2) is 0 Å². The van der Waals surface area contributed by atoms with Crippen molar-refractivity contribution in [1.29, 1.82) is 0 Å². The Kier molecular flexibility index (Phi) is 3.43. The van der Waals surface area contributed by atoms with E-state index in [-0.39, 0.29) is 6.04 Å². The van der Waals surface area contributed by atoms with Crippen LogP contribution in [0.4, 0.5) is 23.2 Å². The number of piperazine rings is 1. The molecule has 0 N–H and O–H groups in total. The predicted molar refractivity (Wildman–Crippen MR) is 58.4 cm³/mol. The SMILES string of the molecule is CC1CN(c2c(F)c(F)nc(F)c2F)CCN1C. The van der Waals surface area contributed by atoms with Crippen molar-refractivity contribution in [3.63, 3.8) is 0 Å². The molecule has 1 fully saturated rings. The lowest BCUT2D eigenvalue weighted by atomic mass is 10.2. The Morgan fingerprint density at radius 2 is 1.61 bits per heavy atom. The Balaban J connectivity index is 2.39. The molecule has 1 unspecified atom stereocenters. The minimum Gasteiger partial charge on any atom is -0.364 e. The summed E-state index contributed by atoms with van der Waals surface area (Å²) in [5.74, 6) is -6.11. The fourth-order valence-corrected chi connectivity index (χ4v) is 2.01. The molecular weight excluding hydrogens is 250 g/mol. The summed E-state index contributed by atoms with van der Waals surface area (Å²) in [6, 6.07) is 0.0387. The van der Waals surface area contributed by atoms with Gasteiger partial charge in [-0.25, -0.2) is 0 Å². The van der Waals surface area contributed by atoms with E-state index in [1.54, 1.807) is 0 Å². The fourth-order valence-electron chi connectivity index (χ4n) is 2.01. The van der Waals surface area contributed by atoms with E-state index >= 15 is 0 Å². The van der Waals surface area contributed by atoms with Gasteiger partial charge in [0.25, 0.3) is 11.9 Å². The van der Waals surface area contributed by atoms with Crippen molar-refractivity contribution in [3.8, 4) is 0 Å². The molecule has 1 aromatic heterocycles. The molecule has 1 saturated heterocycles. The van der Waals surface area contributed by atoms with E-state index in [1.165, 1.54) is 4.90 Å². The zero-order valence-electron chi connectivity index (χ0n) is 10.1. The van der Waals surface area contributed by atoms with Gasteiger partial charge in [0.2, 0.25) is 11.6 Å². The summed E-state index contributed by atoms with van der Waals surface area (Å²) in [4.78, 5) is 5.85. The van der Waals surface area contributed by atoms with Crippen molar-refractivity contribution in [3.05, 3.63) is 23.5 Å². The third-order valence-corrected chi connectivity index (χ3v) is 3.25. The summed E-state index contributed by atoms with van der Waals surface area (Å²) in [7, 11) is 1.88. The number of likely N-dealkylation sites (N-methyl/N-ethyl adjacent to an activating group) is 1. The molecule has 0 bridgehead atoms. The molecule has 0 aromatic carbocycles. The average molecular weight is 263 g/mol. The highest BCUT2D eigenvalue weighted by atomic mass is 19.2. The Hall–Kier alpha value is -1.37. The van der Waals surface area contributed by atoms with Crippen LogP contribution in [0.1, 0.15) is 6.92 Å². The molecule has 0 spiro atoms. The summed E-state index contributed by atoms with van der Waals surface area (Å²) in [6.45, 7) is 3.03. The predicted octanol–water partition coefficient (Wildman–Crippen LogP) is 1.78. The zero-order valence-corrected chi connectivity index (χ0v) is 10.1. The summed E-state index contributed by atoms with van der Waals surface area (Å²) in [5, 5.41) is 0. The Morgan fingerprint density at radius 1 is 1.06 bits per heavy atom. The van der Waals surface area contributed by atoms with Gasteiger partial charge in [-0.05, 0) is 14.0 Å². The number of halogens is 4. The number of hydrogen-bond donors (Lipinski definition) is 0. The molecule has 2 heterocycles. The maximum absolute atomic E-state index is 13.6. The normalized spacial score (nSPS) is 21.4. The van der Waals surface area contributed by atoms with Gasteiger partial charge in [-0.2, -0.15) is 22.5 Å². The van der Waals surface area contributed by atoms with Crippen molar-refractivity contribution in [2.24, 2.45) is 0 Å². The first-order valence-corrected chi connectivity index (χ1v) is 5.57. The maximum atomic E-state index is 13.6. The molecule has 3 nitrogen and oxygen atoms in total. The zero-order chi connectivity index (χ0) is 13.4. The summed E-state index contributed by atoms with van der Waals surface area (Å²) in [6.07, 6.45) is 0. The van der Waals surface area contributed by atoms with Gasteiger partial charge in [0.05, 0.1) is 0 Å². The van der Waals surface area contributed by atoms with Crippen molar-refractivity contribution in [2.75, 3.05) is 31.6 Å². The van der Waals surface area contributed by atoms with Crippen molar-refractivity contribution >= 4 is 5.69 Å². The third kappa shape index (κ3) is 2.14. The van der Waals surface area contributed by atoms with E-state index in [0.29, 0.717) is 19.6 Å². The van der Waals surface area contributed by atoms with Gasteiger partial charge < -0.3 is 9.80 Å². The molecule has 1 aromatic rings. The van der Waals surface area contributed by atoms with Gasteiger partial charge in [0, 0.05) is 25.7 Å². The second-order valence-electron chi connectivity index (χ2n) is 4.45. The number of nitrogens with zero attached hydrogens (tertiary/aromatic N) is 3. The molecule has 2 rings (SSSR count). The second kappa shape index (κ2) is 4.72. The molecular formula is C11H13F4N3. The van der Waals surface area contributed by atoms with Gasteiger partial charge in [-0.15, -0.1) is 0 Å². The van der Waals surface area contributed by atoms with Gasteiger partial charge in [-0.3, -0.25) is 0 Å². The van der Waals surface area contributed by atoms with Gasteiger partial charge in [-0.1, -0.05) is 0 Å². The molecule has 18 heavy (non-hydrogen) atoms. The lowest BCUT2D eigenvalue weighted by molar-refractivity contribution is 0.231. The number of anilines is 1. The first kappa shape index (κ1) is 13.1. The van der Waals surface area contributed by atoms with E-state index in [9.17, 15) is 17.6 Å². The topological polar surface area (TPSA) is 19.4 Å². The van der Waals surface area contributed by atoms with E-state index in [1.807, 2.05) is 18.9 Å². The lowest BCUT2D eigenvalue weighted by Gasteiger charge is -2.39. The largest absolute Gasteiger partial charge is 0.364 e. The molecule has 1 atom stereocenters. The molecule has 7 heteroatoms. The number of rotatable bonds is 1. The Morgan fingerprint density at radius 3 is 2.11 bits per heavy atom. The highest BCUT2D eigenvalue weighted by molar-refractivity contribution is 5.49. The van der Waals surface area contributed by atoms with Gasteiger partial charge in [0.1, 0.15) is 5.69 Å². The number of aromatic nitrogens is 1. The molecule has 0 saturated carbocycles. The van der Waals surface area contributed by atoms with E-state index in [2.05, 4.69) is 4.98 Å². The monoisotopic (exact) mass is 263 g/mol. The van der Waals surface area contributed by atoms with Crippen LogP contribution in [-0.2, 0) is 0 Å². The van der Waals surface area contributed by atoms with E-state index in [0.717, 1.165) is 0 Å². The first-order chi connectivity index (χ1) is 8.41. The second-order valence-corrected chi connectivity index (χ2v) is 4.45. The van der Waals surface area contributed by atoms with E-state index in [4.69, 9.17) is 0 Å². The van der Waals surface area contributed by atoms with Crippen LogP contribution >= 0.6 is 0 Å². The lowest BCUT2D eigenvalue weighted by Crippen LogP contribution is -2.50. The van der Waals surface area contributed by atoms with Crippen LogP contribution in [0.3, 0.4) is 0 Å². The van der Waals surface area contributed by atoms with Gasteiger partial charge in [0.15, 0.2) is 0 Å². The van der Waals surface area contributed by atoms with Crippen LogP contribution < -0.4 is 4.90 Å². The maximum Gasteiger partial charge on any atom is 0.253 e. The quantitative estimate of drug-likeness (QED) is 0.568. The van der Waals surface area contributed by atoms with Crippen molar-refractivity contribution < 1.29 is 17.6 Å². The average Bonchev–Trinajstić information content (AvgIpc) is 2.31. The summed E-state index contributed by atoms with van der Waals surface area (Å²) in [5.41, 5.74) is -0.667. The Bertz CT molecular complexity index is 440. The first-order valence-electron chi connectivity index (χ1n) is 5.57. The van der Waals surface area contributed by atoms with Crippen LogP contribution in [0.5, 0.6) is 0 Å². The van der Waals surface area contributed by atoms with Crippen LogP contribution in [0.25, 0.3) is 0 Å². The molecule has 0 amide bonds. The minimum absolute atomic E-state index is 0.0387. The third-order valence-electron chi connectivity index (χ3n) is 3.25. The number of pyridine rings is 1. The van der Waals surface area contributed by atoms with Crippen LogP contribution in [0.2, 0.25) is 0 Å². The van der Waals surface area contributed by atoms with Crippen LogP contribution in [-0.4, -0.2) is 42.6 Å². The minimum atomic E-state index is -1.62. The molecule has 0 aliphatic carbocycles. The molecule has 0 radical (unpaired) electrons. The summed E-state index contributed by atoms with van der Waals surface area (Å²) >= 11 is 0.